The van der Waals surface area contributed by atoms with Crippen molar-refractivity contribution in [1.29, 1.82) is 0 Å². The Morgan fingerprint density at radius 3 is 2.78 bits per heavy atom. The maximum absolute atomic E-state index is 12.7. The summed E-state index contributed by atoms with van der Waals surface area (Å²) >= 11 is 1.29. The first kappa shape index (κ1) is 19.0. The molecule has 1 amide bonds. The number of anilines is 1. The van der Waals surface area contributed by atoms with Crippen molar-refractivity contribution >= 4 is 34.3 Å². The zero-order chi connectivity index (χ0) is 19.4. The second-order valence-corrected chi connectivity index (χ2v) is 7.18. The lowest BCUT2D eigenvalue weighted by atomic mass is 10.2. The topological polar surface area (TPSA) is 73.2 Å². The van der Waals surface area contributed by atoms with Crippen molar-refractivity contribution in [3.63, 3.8) is 0 Å². The Bertz CT molecular complexity index is 1030. The largest absolute Gasteiger partial charge is 0.497 e. The van der Waals surface area contributed by atoms with E-state index in [0.717, 1.165) is 0 Å². The molecule has 0 saturated carbocycles. The molecule has 0 aliphatic carbocycles. The van der Waals surface area contributed by atoms with E-state index in [2.05, 4.69) is 10.3 Å². The van der Waals surface area contributed by atoms with E-state index in [-0.39, 0.29) is 16.7 Å². The highest BCUT2D eigenvalue weighted by Gasteiger charge is 2.21. The van der Waals surface area contributed by atoms with E-state index in [1.165, 1.54) is 16.3 Å². The molecule has 6 nitrogen and oxygen atoms in total. The van der Waals surface area contributed by atoms with E-state index < -0.39 is 0 Å². The average molecular weight is 383 g/mol. The van der Waals surface area contributed by atoms with Gasteiger partial charge in [0.05, 0.1) is 23.3 Å². The van der Waals surface area contributed by atoms with E-state index in [4.69, 9.17) is 4.74 Å². The van der Waals surface area contributed by atoms with Gasteiger partial charge in [0.2, 0.25) is 5.91 Å². The van der Waals surface area contributed by atoms with E-state index in [1.54, 1.807) is 32.4 Å². The van der Waals surface area contributed by atoms with Gasteiger partial charge in [0.25, 0.3) is 5.56 Å². The van der Waals surface area contributed by atoms with Crippen molar-refractivity contribution in [2.24, 2.45) is 7.05 Å². The van der Waals surface area contributed by atoms with Crippen LogP contribution >= 0.6 is 11.8 Å². The molecule has 0 aliphatic heterocycles. The molecule has 1 aromatic heterocycles. The number of ether oxygens (including phenoxy) is 1. The van der Waals surface area contributed by atoms with Crippen molar-refractivity contribution in [3.05, 3.63) is 58.9 Å². The van der Waals surface area contributed by atoms with Gasteiger partial charge in [-0.05, 0) is 30.7 Å². The van der Waals surface area contributed by atoms with Crippen molar-refractivity contribution in [3.8, 4) is 5.75 Å². The molecule has 0 radical (unpaired) electrons. The summed E-state index contributed by atoms with van der Waals surface area (Å²) in [6.45, 7) is 1.93. The minimum atomic E-state index is -0.379. The minimum Gasteiger partial charge on any atom is -0.497 e. The zero-order valence-corrected chi connectivity index (χ0v) is 16.2. The average Bonchev–Trinajstić information content (AvgIpc) is 2.69. The van der Waals surface area contributed by atoms with Crippen LogP contribution in [0.3, 0.4) is 0 Å². The number of benzene rings is 2. The molecule has 1 atom stereocenters. The Hall–Kier alpha value is -2.80. The first-order valence-electron chi connectivity index (χ1n) is 8.60. The number of methoxy groups -OCH3 is 1. The van der Waals surface area contributed by atoms with Gasteiger partial charge < -0.3 is 10.1 Å². The summed E-state index contributed by atoms with van der Waals surface area (Å²) in [6.07, 6.45) is 0.600. The summed E-state index contributed by atoms with van der Waals surface area (Å²) in [6, 6.07) is 14.4. The fourth-order valence-electron chi connectivity index (χ4n) is 2.68. The van der Waals surface area contributed by atoms with Gasteiger partial charge in [0.1, 0.15) is 5.75 Å². The molecule has 0 saturated heterocycles. The summed E-state index contributed by atoms with van der Waals surface area (Å²) in [5, 5.41) is 3.61. The minimum absolute atomic E-state index is 0.119. The van der Waals surface area contributed by atoms with Crippen LogP contribution in [0.4, 0.5) is 5.69 Å². The van der Waals surface area contributed by atoms with Crippen LogP contribution in [0.25, 0.3) is 10.9 Å². The Labute approximate surface area is 161 Å². The zero-order valence-electron chi connectivity index (χ0n) is 15.4. The number of hydrogen-bond donors (Lipinski definition) is 1. The lowest BCUT2D eigenvalue weighted by Crippen LogP contribution is -2.27. The van der Waals surface area contributed by atoms with Crippen LogP contribution in [0.2, 0.25) is 0 Å². The summed E-state index contributed by atoms with van der Waals surface area (Å²) in [4.78, 5) is 29.8. The fourth-order valence-corrected chi connectivity index (χ4v) is 3.66. The molecule has 0 bridgehead atoms. The summed E-state index contributed by atoms with van der Waals surface area (Å²) in [7, 11) is 3.26. The third-order valence-electron chi connectivity index (χ3n) is 4.19. The second kappa shape index (κ2) is 8.26. The quantitative estimate of drug-likeness (QED) is 0.521. The lowest BCUT2D eigenvalue weighted by molar-refractivity contribution is -0.115. The number of fused-ring (bicyclic) bond motifs is 1. The number of amides is 1. The molecule has 1 heterocycles. The van der Waals surface area contributed by atoms with Gasteiger partial charge in [0.15, 0.2) is 5.16 Å². The second-order valence-electron chi connectivity index (χ2n) is 6.01. The number of aromatic nitrogens is 2. The highest BCUT2D eigenvalue weighted by molar-refractivity contribution is 8.00. The van der Waals surface area contributed by atoms with Crippen LogP contribution < -0.4 is 15.6 Å². The molecule has 7 heteroatoms. The molecular weight excluding hydrogens is 362 g/mol. The van der Waals surface area contributed by atoms with E-state index >= 15 is 0 Å². The van der Waals surface area contributed by atoms with Gasteiger partial charge in [-0.1, -0.05) is 36.9 Å². The lowest BCUT2D eigenvalue weighted by Gasteiger charge is -2.16. The van der Waals surface area contributed by atoms with E-state index in [9.17, 15) is 9.59 Å². The molecule has 1 unspecified atom stereocenters. The molecule has 1 N–H and O–H groups in total. The van der Waals surface area contributed by atoms with E-state index in [1.807, 2.05) is 37.3 Å². The number of carbonyl (C=O) groups is 1. The van der Waals surface area contributed by atoms with Crippen LogP contribution in [0.5, 0.6) is 5.75 Å². The van der Waals surface area contributed by atoms with Gasteiger partial charge in [-0.2, -0.15) is 0 Å². The van der Waals surface area contributed by atoms with E-state index in [0.29, 0.717) is 33.9 Å². The third kappa shape index (κ3) is 4.14. The molecule has 0 fully saturated rings. The number of thioether (sulfide) groups is 1. The number of para-hydroxylation sites is 1. The van der Waals surface area contributed by atoms with Gasteiger partial charge in [-0.25, -0.2) is 4.98 Å². The highest BCUT2D eigenvalue weighted by Crippen LogP contribution is 2.26. The molecular formula is C20H21N3O3S. The number of nitrogens with zero attached hydrogens (tertiary/aromatic N) is 2. The van der Waals surface area contributed by atoms with Gasteiger partial charge in [0, 0.05) is 18.8 Å². The number of rotatable bonds is 6. The Kier molecular flexibility index (Phi) is 5.81. The normalized spacial score (nSPS) is 12.0. The van der Waals surface area contributed by atoms with Crippen molar-refractivity contribution in [2.75, 3.05) is 12.4 Å². The Morgan fingerprint density at radius 2 is 2.04 bits per heavy atom. The predicted octanol–water partition coefficient (Wildman–Crippen LogP) is 3.45. The van der Waals surface area contributed by atoms with Crippen LogP contribution in [0, 0.1) is 0 Å². The van der Waals surface area contributed by atoms with Crippen molar-refractivity contribution < 1.29 is 9.53 Å². The van der Waals surface area contributed by atoms with Gasteiger partial charge >= 0.3 is 0 Å². The van der Waals surface area contributed by atoms with Crippen LogP contribution in [0.15, 0.2) is 58.5 Å². The standard InChI is InChI=1S/C20H21N3O3S/c1-4-17(18(24)21-13-8-7-9-14(12-13)26-3)27-20-22-16-11-6-5-10-15(16)19(25)23(20)2/h5-12,17H,4H2,1-3H3,(H,21,24). The monoisotopic (exact) mass is 383 g/mol. The van der Waals surface area contributed by atoms with Crippen LogP contribution in [0.1, 0.15) is 13.3 Å². The van der Waals surface area contributed by atoms with Crippen molar-refractivity contribution in [2.45, 2.75) is 23.8 Å². The number of hydrogen-bond acceptors (Lipinski definition) is 5. The first-order chi connectivity index (χ1) is 13.0. The molecule has 0 spiro atoms. The van der Waals surface area contributed by atoms with Gasteiger partial charge in [-0.15, -0.1) is 0 Å². The smallest absolute Gasteiger partial charge is 0.261 e. The van der Waals surface area contributed by atoms with Crippen LogP contribution in [-0.2, 0) is 11.8 Å². The maximum atomic E-state index is 12.7. The summed E-state index contributed by atoms with van der Waals surface area (Å²) in [5.41, 5.74) is 1.18. The SMILES string of the molecule is CCC(Sc1nc2ccccc2c(=O)n1C)C(=O)Nc1cccc(OC)c1. The molecule has 2 aromatic carbocycles. The molecule has 140 valence electrons. The molecule has 27 heavy (non-hydrogen) atoms. The fraction of sp³-hybridized carbons (Fsp3) is 0.250. The molecule has 3 aromatic rings. The molecule has 0 aliphatic rings. The highest BCUT2D eigenvalue weighted by atomic mass is 32.2. The number of nitrogens with one attached hydrogen (secondary N) is 1. The van der Waals surface area contributed by atoms with Crippen LogP contribution in [-0.4, -0.2) is 27.8 Å². The third-order valence-corrected chi connectivity index (χ3v) is 5.60. The summed E-state index contributed by atoms with van der Waals surface area (Å²) in [5.74, 6) is 0.533. The van der Waals surface area contributed by atoms with Crippen molar-refractivity contribution in [1.82, 2.24) is 9.55 Å². The Morgan fingerprint density at radius 1 is 1.26 bits per heavy atom. The van der Waals surface area contributed by atoms with Gasteiger partial charge in [-0.3, -0.25) is 14.2 Å². The Balaban J connectivity index is 1.84. The summed E-state index contributed by atoms with van der Waals surface area (Å²) < 4.78 is 6.68. The maximum Gasteiger partial charge on any atom is 0.261 e. The predicted molar refractivity (Wildman–Crippen MR) is 109 cm³/mol. The number of carbonyl (C=O) groups excluding carboxylic acids is 1. The first-order valence-corrected chi connectivity index (χ1v) is 9.48. The molecule has 3 rings (SSSR count).